The maximum Gasteiger partial charge on any atom is 0.0826 e. The smallest absolute Gasteiger partial charge is 0.0826 e. The Morgan fingerprint density at radius 3 is 2.21 bits per heavy atom. The van der Waals surface area contributed by atoms with Gasteiger partial charge >= 0.3 is 0 Å². The van der Waals surface area contributed by atoms with Crippen LogP contribution in [0.1, 0.15) is 40.3 Å². The molecule has 1 heterocycles. The molecule has 0 atom stereocenters. The largest absolute Gasteiger partial charge is 0.278 e. The summed E-state index contributed by atoms with van der Waals surface area (Å²) < 4.78 is 0. The highest BCUT2D eigenvalue weighted by molar-refractivity contribution is 5.97. The number of hydrazone groups is 1. The molecule has 0 aliphatic heterocycles. The molecule has 0 unspecified atom stereocenters. The summed E-state index contributed by atoms with van der Waals surface area (Å²) in [6.07, 6.45) is 1.71. The Hall–Kier alpha value is -2.10. The molecule has 104 valence electrons. The van der Waals surface area contributed by atoms with Crippen molar-refractivity contribution < 1.29 is 0 Å². The lowest BCUT2D eigenvalue weighted by atomic mass is 10.3. The molecule has 0 amide bonds. The molecule has 0 bridgehead atoms. The van der Waals surface area contributed by atoms with Gasteiger partial charge in [0.15, 0.2) is 0 Å². The van der Waals surface area contributed by atoms with Crippen molar-refractivity contribution in [3.63, 3.8) is 0 Å². The van der Waals surface area contributed by atoms with Gasteiger partial charge in [0.2, 0.25) is 0 Å². The minimum Gasteiger partial charge on any atom is -0.278 e. The van der Waals surface area contributed by atoms with Gasteiger partial charge in [0, 0.05) is 6.20 Å². The molecule has 0 fully saturated rings. The fraction of sp³-hybridized carbons (Fsp3) is 0.333. The Kier molecular flexibility index (Phi) is 9.80. The zero-order valence-corrected chi connectivity index (χ0v) is 12.4. The molecule has 0 aliphatic rings. The number of para-hydroxylation sites is 1. The fourth-order valence-electron chi connectivity index (χ4n) is 1.18. The Morgan fingerprint density at radius 1 is 1.05 bits per heavy atom. The molecule has 2 rings (SSSR count). The van der Waals surface area contributed by atoms with Crippen LogP contribution in [0.25, 0.3) is 0 Å². The van der Waals surface area contributed by atoms with E-state index >= 15 is 0 Å². The highest BCUT2D eigenvalue weighted by Crippen LogP contribution is 2.05. The molecule has 1 aromatic carbocycles. The normalized spacial score (nSPS) is 9.63. The van der Waals surface area contributed by atoms with Crippen molar-refractivity contribution in [2.45, 2.75) is 34.6 Å². The Labute approximate surface area is 116 Å². The van der Waals surface area contributed by atoms with Crippen molar-refractivity contribution in [3.8, 4) is 0 Å². The number of aromatic nitrogens is 2. The molecule has 1 aromatic heterocycles. The Balaban J connectivity index is 0.000000741. The highest BCUT2D eigenvalue weighted by atomic mass is 15.3. The van der Waals surface area contributed by atoms with Gasteiger partial charge in [-0.05, 0) is 25.1 Å². The zero-order chi connectivity index (χ0) is 14.5. The minimum atomic E-state index is 0.872. The molecule has 0 saturated heterocycles. The number of nitrogens with zero attached hydrogens (tertiary/aromatic N) is 2. The predicted molar refractivity (Wildman–Crippen MR) is 83.6 cm³/mol. The summed E-state index contributed by atoms with van der Waals surface area (Å²) in [4.78, 5) is 0. The number of anilines is 1. The van der Waals surface area contributed by atoms with E-state index in [9.17, 15) is 0 Å². The summed E-state index contributed by atoms with van der Waals surface area (Å²) in [5, 5.41) is 10.9. The van der Waals surface area contributed by atoms with E-state index in [4.69, 9.17) is 0 Å². The van der Waals surface area contributed by atoms with Crippen LogP contribution in [0, 0.1) is 0 Å². The highest BCUT2D eigenvalue weighted by Gasteiger charge is 1.96. The van der Waals surface area contributed by atoms with Crippen LogP contribution < -0.4 is 5.43 Å². The Morgan fingerprint density at radius 2 is 1.68 bits per heavy atom. The second-order valence-corrected chi connectivity index (χ2v) is 3.15. The summed E-state index contributed by atoms with van der Waals surface area (Å²) in [6, 6.07) is 11.7. The van der Waals surface area contributed by atoms with Crippen LogP contribution >= 0.6 is 0 Å². The van der Waals surface area contributed by atoms with Gasteiger partial charge in [0.25, 0.3) is 0 Å². The van der Waals surface area contributed by atoms with Crippen molar-refractivity contribution >= 4 is 11.4 Å². The molecular weight excluding hydrogens is 236 g/mol. The number of benzene rings is 1. The summed E-state index contributed by atoms with van der Waals surface area (Å²) in [7, 11) is 0. The first-order chi connectivity index (χ1) is 9.36. The third kappa shape index (κ3) is 6.41. The van der Waals surface area contributed by atoms with Gasteiger partial charge in [-0.3, -0.25) is 10.5 Å². The lowest BCUT2D eigenvalue weighted by Gasteiger charge is -2.00. The molecule has 4 nitrogen and oxygen atoms in total. The molecule has 0 aliphatic carbocycles. The van der Waals surface area contributed by atoms with E-state index in [1.54, 1.807) is 6.20 Å². The van der Waals surface area contributed by atoms with Crippen LogP contribution in [-0.4, -0.2) is 15.9 Å². The van der Waals surface area contributed by atoms with Crippen LogP contribution in [0.3, 0.4) is 0 Å². The van der Waals surface area contributed by atoms with Gasteiger partial charge in [0.05, 0.1) is 17.1 Å². The van der Waals surface area contributed by atoms with Gasteiger partial charge in [-0.25, -0.2) is 0 Å². The molecule has 2 N–H and O–H groups in total. The second kappa shape index (κ2) is 11.0. The lowest BCUT2D eigenvalue weighted by Crippen LogP contribution is -1.99. The predicted octanol–water partition coefficient (Wildman–Crippen LogP) is 4.30. The SMILES string of the molecule is C/C(=N\Nc1ccccc1)c1ccn[nH]1.CC.CC. The summed E-state index contributed by atoms with van der Waals surface area (Å²) in [5.41, 5.74) is 5.73. The van der Waals surface area contributed by atoms with Crippen molar-refractivity contribution in [2.24, 2.45) is 5.10 Å². The average molecular weight is 260 g/mol. The standard InChI is InChI=1S/C11H12N4.2C2H6/c1-9(11-7-8-12-15-11)13-14-10-5-3-2-4-6-10;2*1-2/h2-8,14H,1H3,(H,12,15);2*1-2H3/b13-9+;;. The van der Waals surface area contributed by atoms with E-state index < -0.39 is 0 Å². The second-order valence-electron chi connectivity index (χ2n) is 3.15. The first-order valence-electron chi connectivity index (χ1n) is 6.71. The Bertz CT molecular complexity index is 432. The monoisotopic (exact) mass is 260 g/mol. The molecule has 2 aromatic rings. The van der Waals surface area contributed by atoms with E-state index in [2.05, 4.69) is 20.7 Å². The van der Waals surface area contributed by atoms with Gasteiger partial charge < -0.3 is 0 Å². The van der Waals surface area contributed by atoms with Gasteiger partial charge in [0.1, 0.15) is 0 Å². The van der Waals surface area contributed by atoms with E-state index in [-0.39, 0.29) is 0 Å². The van der Waals surface area contributed by atoms with Crippen LogP contribution in [0.15, 0.2) is 47.7 Å². The van der Waals surface area contributed by atoms with Crippen LogP contribution in [0.4, 0.5) is 5.69 Å². The summed E-state index contributed by atoms with van der Waals surface area (Å²) in [5.74, 6) is 0. The molecule has 19 heavy (non-hydrogen) atoms. The third-order valence-corrected chi connectivity index (χ3v) is 2.02. The zero-order valence-electron chi connectivity index (χ0n) is 12.4. The molecule has 0 saturated carbocycles. The number of H-pyrrole nitrogens is 1. The molecule has 0 radical (unpaired) electrons. The van der Waals surface area contributed by atoms with Crippen molar-refractivity contribution in [1.82, 2.24) is 10.2 Å². The van der Waals surface area contributed by atoms with Gasteiger partial charge in [-0.2, -0.15) is 10.2 Å². The van der Waals surface area contributed by atoms with E-state index in [0.29, 0.717) is 0 Å². The number of aromatic amines is 1. The van der Waals surface area contributed by atoms with Gasteiger partial charge in [-0.15, -0.1) is 0 Å². The number of hydrogen-bond acceptors (Lipinski definition) is 3. The molecular formula is C15H24N4. The quantitative estimate of drug-likeness (QED) is 0.638. The minimum absolute atomic E-state index is 0.872. The maximum absolute atomic E-state index is 4.23. The summed E-state index contributed by atoms with van der Waals surface area (Å²) >= 11 is 0. The third-order valence-electron chi connectivity index (χ3n) is 2.02. The number of nitrogens with one attached hydrogen (secondary N) is 2. The summed E-state index contributed by atoms with van der Waals surface area (Å²) in [6.45, 7) is 9.92. The maximum atomic E-state index is 4.23. The number of hydrogen-bond donors (Lipinski definition) is 2. The lowest BCUT2D eigenvalue weighted by molar-refractivity contribution is 1.08. The van der Waals surface area contributed by atoms with E-state index in [1.165, 1.54) is 0 Å². The number of rotatable bonds is 3. The van der Waals surface area contributed by atoms with E-state index in [1.807, 2.05) is 71.0 Å². The van der Waals surface area contributed by atoms with Crippen LogP contribution in [0.2, 0.25) is 0 Å². The fourth-order valence-corrected chi connectivity index (χ4v) is 1.18. The van der Waals surface area contributed by atoms with Gasteiger partial charge in [-0.1, -0.05) is 45.9 Å². The topological polar surface area (TPSA) is 53.1 Å². The van der Waals surface area contributed by atoms with Crippen molar-refractivity contribution in [1.29, 1.82) is 0 Å². The van der Waals surface area contributed by atoms with Crippen LogP contribution in [0.5, 0.6) is 0 Å². The average Bonchev–Trinajstić information content (AvgIpc) is 3.04. The first kappa shape index (κ1) is 16.9. The van der Waals surface area contributed by atoms with Crippen LogP contribution in [-0.2, 0) is 0 Å². The molecule has 4 heteroatoms. The molecule has 0 spiro atoms. The van der Waals surface area contributed by atoms with Crippen molar-refractivity contribution in [2.75, 3.05) is 5.43 Å². The first-order valence-corrected chi connectivity index (χ1v) is 6.71. The van der Waals surface area contributed by atoms with Crippen molar-refractivity contribution in [3.05, 3.63) is 48.3 Å². The van der Waals surface area contributed by atoms with E-state index in [0.717, 1.165) is 17.1 Å².